The summed E-state index contributed by atoms with van der Waals surface area (Å²) in [7, 11) is 1.35. The van der Waals surface area contributed by atoms with E-state index in [2.05, 4.69) is 15.4 Å². The minimum Gasteiger partial charge on any atom is -0.468 e. The Morgan fingerprint density at radius 3 is 2.71 bits per heavy atom. The van der Waals surface area contributed by atoms with Gasteiger partial charge in [0.1, 0.15) is 12.6 Å². The molecule has 0 unspecified atom stereocenters. The fourth-order valence-corrected chi connectivity index (χ4v) is 2.10. The van der Waals surface area contributed by atoms with Crippen molar-refractivity contribution in [3.63, 3.8) is 0 Å². The molecule has 21 heavy (non-hydrogen) atoms. The number of rotatable bonds is 4. The second-order valence-electron chi connectivity index (χ2n) is 4.62. The van der Waals surface area contributed by atoms with Gasteiger partial charge in [-0.25, -0.2) is 4.79 Å². The van der Waals surface area contributed by atoms with Gasteiger partial charge in [-0.15, -0.1) is 12.4 Å². The van der Waals surface area contributed by atoms with Crippen LogP contribution in [0.3, 0.4) is 0 Å². The Morgan fingerprint density at radius 2 is 2.05 bits per heavy atom. The van der Waals surface area contributed by atoms with Gasteiger partial charge < -0.3 is 20.1 Å². The van der Waals surface area contributed by atoms with Crippen molar-refractivity contribution >= 4 is 24.5 Å². The zero-order valence-corrected chi connectivity index (χ0v) is 12.5. The highest BCUT2D eigenvalue weighted by Crippen LogP contribution is 2.08. The van der Waals surface area contributed by atoms with Crippen molar-refractivity contribution in [3.8, 4) is 0 Å². The number of hydrogen-bond acceptors (Lipinski definition) is 5. The number of carbonyl (C=O) groups excluding carboxylic acids is 2. The number of methoxy groups -OCH3 is 1. The quantitative estimate of drug-likeness (QED) is 0.818. The summed E-state index contributed by atoms with van der Waals surface area (Å²) in [5, 5.41) is 5.72. The highest BCUT2D eigenvalue weighted by molar-refractivity contribution is 5.85. The van der Waals surface area contributed by atoms with Crippen LogP contribution in [0.5, 0.6) is 0 Å². The number of hydrogen-bond donors (Lipinski definition) is 2. The Labute approximate surface area is 129 Å². The second-order valence-corrected chi connectivity index (χ2v) is 4.62. The molecular formula is C14H19ClN2O4. The maximum absolute atomic E-state index is 11.6. The van der Waals surface area contributed by atoms with Crippen LogP contribution in [-0.2, 0) is 20.9 Å². The van der Waals surface area contributed by atoms with Crippen molar-refractivity contribution < 1.29 is 19.1 Å². The number of benzene rings is 1. The lowest BCUT2D eigenvalue weighted by atomic mass is 10.2. The van der Waals surface area contributed by atoms with E-state index in [1.54, 1.807) is 0 Å². The first-order valence-electron chi connectivity index (χ1n) is 6.47. The molecule has 0 aliphatic carbocycles. The largest absolute Gasteiger partial charge is 0.468 e. The first-order chi connectivity index (χ1) is 9.69. The predicted octanol–water partition coefficient (Wildman–Crippen LogP) is 1.24. The molecule has 7 heteroatoms. The Hall–Kier alpha value is -1.79. The fraction of sp³-hybridized carbons (Fsp3) is 0.429. The van der Waals surface area contributed by atoms with Gasteiger partial charge >= 0.3 is 12.1 Å². The van der Waals surface area contributed by atoms with Gasteiger partial charge in [-0.2, -0.15) is 0 Å². The third kappa shape index (κ3) is 5.24. The molecule has 1 aromatic rings. The van der Waals surface area contributed by atoms with Crippen LogP contribution < -0.4 is 10.6 Å². The molecule has 1 heterocycles. The fourth-order valence-electron chi connectivity index (χ4n) is 2.10. The number of ether oxygens (including phenoxy) is 2. The Kier molecular flexibility index (Phi) is 6.98. The third-order valence-corrected chi connectivity index (χ3v) is 3.15. The van der Waals surface area contributed by atoms with Crippen molar-refractivity contribution in [2.45, 2.75) is 25.1 Å². The summed E-state index contributed by atoms with van der Waals surface area (Å²) in [5.41, 5.74) is 0.930. The van der Waals surface area contributed by atoms with Crippen molar-refractivity contribution in [1.29, 1.82) is 0 Å². The highest BCUT2D eigenvalue weighted by Gasteiger charge is 2.31. The third-order valence-electron chi connectivity index (χ3n) is 3.15. The number of halogens is 1. The van der Waals surface area contributed by atoms with Gasteiger partial charge in [-0.1, -0.05) is 30.3 Å². The van der Waals surface area contributed by atoms with Gasteiger partial charge in [-0.3, -0.25) is 4.79 Å². The zero-order valence-electron chi connectivity index (χ0n) is 11.7. The predicted molar refractivity (Wildman–Crippen MR) is 79.2 cm³/mol. The molecule has 1 amide bonds. The smallest absolute Gasteiger partial charge is 0.407 e. The molecule has 1 fully saturated rings. The van der Waals surface area contributed by atoms with Gasteiger partial charge in [0.2, 0.25) is 0 Å². The van der Waals surface area contributed by atoms with Crippen LogP contribution in [0.25, 0.3) is 0 Å². The van der Waals surface area contributed by atoms with Crippen molar-refractivity contribution in [2.75, 3.05) is 13.7 Å². The van der Waals surface area contributed by atoms with Crippen LogP contribution in [0.1, 0.15) is 12.0 Å². The lowest BCUT2D eigenvalue weighted by Gasteiger charge is -2.12. The van der Waals surface area contributed by atoms with Gasteiger partial charge in [0.15, 0.2) is 0 Å². The monoisotopic (exact) mass is 314 g/mol. The zero-order chi connectivity index (χ0) is 14.4. The molecular weight excluding hydrogens is 296 g/mol. The average molecular weight is 315 g/mol. The van der Waals surface area contributed by atoms with Gasteiger partial charge in [-0.05, 0) is 12.0 Å². The lowest BCUT2D eigenvalue weighted by Crippen LogP contribution is -2.36. The minimum absolute atomic E-state index is 0. The van der Waals surface area contributed by atoms with Crippen LogP contribution in [-0.4, -0.2) is 37.8 Å². The molecule has 0 radical (unpaired) electrons. The maximum atomic E-state index is 11.6. The molecule has 116 valence electrons. The van der Waals surface area contributed by atoms with E-state index in [0.717, 1.165) is 5.56 Å². The van der Waals surface area contributed by atoms with Crippen molar-refractivity contribution in [3.05, 3.63) is 35.9 Å². The molecule has 2 atom stereocenters. The Morgan fingerprint density at radius 1 is 1.33 bits per heavy atom. The van der Waals surface area contributed by atoms with Gasteiger partial charge in [0.25, 0.3) is 0 Å². The number of alkyl carbamates (subject to hydrolysis) is 1. The molecule has 1 aliphatic heterocycles. The van der Waals surface area contributed by atoms with E-state index < -0.39 is 6.09 Å². The summed E-state index contributed by atoms with van der Waals surface area (Å²) in [5.74, 6) is -0.313. The topological polar surface area (TPSA) is 76.7 Å². The maximum Gasteiger partial charge on any atom is 0.407 e. The summed E-state index contributed by atoms with van der Waals surface area (Å²) in [6.45, 7) is 0.757. The first-order valence-corrected chi connectivity index (χ1v) is 6.47. The molecule has 6 nitrogen and oxygen atoms in total. The second kappa shape index (κ2) is 8.49. The van der Waals surface area contributed by atoms with Gasteiger partial charge in [0, 0.05) is 12.6 Å². The molecule has 1 saturated heterocycles. The first kappa shape index (κ1) is 17.3. The molecule has 0 saturated carbocycles. The molecule has 2 N–H and O–H groups in total. The van der Waals surface area contributed by atoms with Crippen LogP contribution in [0.4, 0.5) is 4.79 Å². The Balaban J connectivity index is 0.00000220. The van der Waals surface area contributed by atoms with E-state index in [4.69, 9.17) is 4.74 Å². The van der Waals surface area contributed by atoms with E-state index in [1.807, 2.05) is 30.3 Å². The molecule has 0 spiro atoms. The van der Waals surface area contributed by atoms with Crippen molar-refractivity contribution in [2.24, 2.45) is 0 Å². The van der Waals surface area contributed by atoms with Crippen LogP contribution in [0.2, 0.25) is 0 Å². The highest BCUT2D eigenvalue weighted by atomic mass is 35.5. The number of nitrogens with one attached hydrogen (secondary N) is 2. The minimum atomic E-state index is -0.480. The van der Waals surface area contributed by atoms with Gasteiger partial charge in [0.05, 0.1) is 7.11 Å². The van der Waals surface area contributed by atoms with E-state index >= 15 is 0 Å². The Bertz CT molecular complexity index is 469. The standard InChI is InChI=1S/C14H18N2O4.ClH/c1-19-13(17)12-7-11(8-15-12)16-14(18)20-9-10-5-3-2-4-6-10;/h2-6,11-12,15H,7-9H2,1H3,(H,16,18);1H/t11-,12-;/m1./s1. The molecule has 0 aromatic heterocycles. The average Bonchev–Trinajstić information content (AvgIpc) is 2.94. The van der Waals surface area contributed by atoms with E-state index in [9.17, 15) is 9.59 Å². The summed E-state index contributed by atoms with van der Waals surface area (Å²) >= 11 is 0. The SMILES string of the molecule is COC(=O)[C@H]1C[C@@H](NC(=O)OCc2ccccc2)CN1.Cl. The van der Waals surface area contributed by atoms with Crippen LogP contribution in [0, 0.1) is 0 Å². The molecule has 1 aliphatic rings. The van der Waals surface area contributed by atoms with Crippen LogP contribution >= 0.6 is 12.4 Å². The molecule has 2 rings (SSSR count). The molecule has 1 aromatic carbocycles. The van der Waals surface area contributed by atoms with Crippen LogP contribution in [0.15, 0.2) is 30.3 Å². The summed E-state index contributed by atoms with van der Waals surface area (Å²) in [6.07, 6.45) is 0.0267. The summed E-state index contributed by atoms with van der Waals surface area (Å²) in [4.78, 5) is 23.0. The van der Waals surface area contributed by atoms with E-state index in [1.165, 1.54) is 7.11 Å². The van der Waals surface area contributed by atoms with E-state index in [0.29, 0.717) is 13.0 Å². The summed E-state index contributed by atoms with van der Waals surface area (Å²) in [6, 6.07) is 8.97. The number of esters is 1. The number of amides is 1. The summed E-state index contributed by atoms with van der Waals surface area (Å²) < 4.78 is 9.77. The van der Waals surface area contributed by atoms with E-state index in [-0.39, 0.29) is 37.1 Å². The van der Waals surface area contributed by atoms with Crippen molar-refractivity contribution in [1.82, 2.24) is 10.6 Å². The molecule has 0 bridgehead atoms. The lowest BCUT2D eigenvalue weighted by molar-refractivity contribution is -0.142. The number of carbonyl (C=O) groups is 2. The normalized spacial score (nSPS) is 20.2.